The molecular weight excluding hydrogens is 361 g/mol. The third kappa shape index (κ3) is 6.21. The molecule has 0 aliphatic carbocycles. The van der Waals surface area contributed by atoms with E-state index in [0.29, 0.717) is 0 Å². The van der Waals surface area contributed by atoms with E-state index in [1.165, 1.54) is 6.07 Å². The Morgan fingerprint density at radius 1 is 1.25 bits per heavy atom. The highest BCUT2D eigenvalue weighted by Gasteiger charge is 2.34. The van der Waals surface area contributed by atoms with Crippen molar-refractivity contribution in [2.45, 2.75) is 81.5 Å². The summed E-state index contributed by atoms with van der Waals surface area (Å²) in [6.07, 6.45) is -0.296. The Morgan fingerprint density at radius 2 is 1.82 bits per heavy atom. The van der Waals surface area contributed by atoms with Gasteiger partial charge in [-0.2, -0.15) is 0 Å². The number of halogens is 1. The first-order valence-corrected chi connectivity index (χ1v) is 9.48. The van der Waals surface area contributed by atoms with Gasteiger partial charge in [0.05, 0.1) is 24.3 Å². The summed E-state index contributed by atoms with van der Waals surface area (Å²) in [6.45, 7) is 15.1. The second kappa shape index (κ2) is 10.4. The van der Waals surface area contributed by atoms with E-state index in [2.05, 4.69) is 0 Å². The van der Waals surface area contributed by atoms with Crippen LogP contribution < -0.4 is 4.74 Å². The van der Waals surface area contributed by atoms with Crippen LogP contribution in [0.1, 0.15) is 78.7 Å². The van der Waals surface area contributed by atoms with E-state index in [1.807, 2.05) is 41.5 Å². The maximum atomic E-state index is 14.6. The molecule has 160 valence electrons. The third-order valence-electron chi connectivity index (χ3n) is 3.98. The van der Waals surface area contributed by atoms with Crippen molar-refractivity contribution >= 4 is 11.9 Å². The van der Waals surface area contributed by atoms with Crippen LogP contribution in [0.2, 0.25) is 0 Å². The zero-order valence-corrected chi connectivity index (χ0v) is 17.7. The van der Waals surface area contributed by atoms with Gasteiger partial charge in [-0.15, -0.1) is 0 Å². The summed E-state index contributed by atoms with van der Waals surface area (Å²) in [4.78, 5) is 26.3. The van der Waals surface area contributed by atoms with Crippen molar-refractivity contribution in [3.8, 4) is 5.75 Å². The van der Waals surface area contributed by atoms with Crippen molar-refractivity contribution in [3.63, 3.8) is 0 Å². The monoisotopic (exact) mass is 397 g/mol. The van der Waals surface area contributed by atoms with Gasteiger partial charge in [-0.05, 0) is 32.9 Å². The molecule has 0 fully saturated rings. The lowest BCUT2D eigenvalue weighted by Gasteiger charge is -2.32. The second-order valence-electron chi connectivity index (χ2n) is 7.73. The second-order valence-corrected chi connectivity index (χ2v) is 7.73. The SMILES string of the molecule is C.CC.CC(C)OC(=O)c1cc(F)c2c(c1)OCC(C)N(C(=O)C(C)(C)C)C2. The normalized spacial score (nSPS) is 15.9. The minimum absolute atomic E-state index is 0. The van der Waals surface area contributed by atoms with Crippen LogP contribution in [0.3, 0.4) is 0 Å². The van der Waals surface area contributed by atoms with Crippen molar-refractivity contribution in [2.75, 3.05) is 6.61 Å². The Hall–Kier alpha value is -2.11. The Balaban J connectivity index is 0.00000235. The molecule has 1 aromatic rings. The van der Waals surface area contributed by atoms with E-state index in [4.69, 9.17) is 9.47 Å². The standard InChI is InChI=1S/C19H26FNO4.C2H6.CH4/c1-11(2)25-17(22)13-7-15(20)14-9-21(18(23)19(4,5)6)12(3)10-24-16(14)8-13;1-2;/h7-8,11-12H,9-10H2,1-6H3;1-2H3;1H4. The average Bonchev–Trinajstić information content (AvgIpc) is 2.74. The van der Waals surface area contributed by atoms with Crippen molar-refractivity contribution < 1.29 is 23.5 Å². The number of carbonyl (C=O) groups is 2. The first kappa shape index (κ1) is 25.9. The Morgan fingerprint density at radius 3 is 2.32 bits per heavy atom. The van der Waals surface area contributed by atoms with Crippen LogP contribution in [0.15, 0.2) is 12.1 Å². The number of rotatable bonds is 2. The smallest absolute Gasteiger partial charge is 0.338 e. The highest BCUT2D eigenvalue weighted by Crippen LogP contribution is 2.31. The zero-order valence-electron chi connectivity index (χ0n) is 17.7. The molecule has 1 atom stereocenters. The summed E-state index contributed by atoms with van der Waals surface area (Å²) in [7, 11) is 0. The molecule has 0 saturated carbocycles. The lowest BCUT2D eigenvalue weighted by molar-refractivity contribution is -0.142. The highest BCUT2D eigenvalue weighted by atomic mass is 19.1. The number of hydrogen-bond donors (Lipinski definition) is 0. The Bertz CT molecular complexity index is 680. The van der Waals surface area contributed by atoms with Crippen LogP contribution in [0.25, 0.3) is 0 Å². The minimum atomic E-state index is -0.597. The fraction of sp³-hybridized carbons (Fsp3) is 0.636. The molecule has 0 spiro atoms. The number of amides is 1. The van der Waals surface area contributed by atoms with E-state index in [0.717, 1.165) is 6.07 Å². The minimum Gasteiger partial charge on any atom is -0.491 e. The molecule has 1 aliphatic heterocycles. The largest absolute Gasteiger partial charge is 0.491 e. The van der Waals surface area contributed by atoms with Gasteiger partial charge >= 0.3 is 5.97 Å². The van der Waals surface area contributed by atoms with Gasteiger partial charge in [0.15, 0.2) is 0 Å². The van der Waals surface area contributed by atoms with E-state index < -0.39 is 17.2 Å². The Labute approximate surface area is 169 Å². The van der Waals surface area contributed by atoms with E-state index in [1.54, 1.807) is 18.7 Å². The number of hydrogen-bond acceptors (Lipinski definition) is 4. The lowest BCUT2D eigenvalue weighted by Crippen LogP contribution is -2.45. The summed E-state index contributed by atoms with van der Waals surface area (Å²) in [5.74, 6) is -0.958. The molecule has 2 rings (SSSR count). The predicted octanol–water partition coefficient (Wildman–Crippen LogP) is 5.21. The first-order valence-electron chi connectivity index (χ1n) is 9.48. The van der Waals surface area contributed by atoms with Crippen molar-refractivity contribution in [2.24, 2.45) is 5.41 Å². The van der Waals surface area contributed by atoms with Gasteiger partial charge in [0.25, 0.3) is 0 Å². The molecule has 0 N–H and O–H groups in total. The van der Waals surface area contributed by atoms with Crippen LogP contribution in [0.4, 0.5) is 4.39 Å². The molecule has 0 saturated heterocycles. The first-order chi connectivity index (χ1) is 12.5. The van der Waals surface area contributed by atoms with E-state index in [9.17, 15) is 14.0 Å². The van der Waals surface area contributed by atoms with Crippen LogP contribution >= 0.6 is 0 Å². The fourth-order valence-corrected chi connectivity index (χ4v) is 2.62. The lowest BCUT2D eigenvalue weighted by atomic mass is 9.93. The third-order valence-corrected chi connectivity index (χ3v) is 3.98. The van der Waals surface area contributed by atoms with Gasteiger partial charge in [-0.3, -0.25) is 4.79 Å². The molecule has 1 aromatic carbocycles. The van der Waals surface area contributed by atoms with Crippen LogP contribution in [0.5, 0.6) is 5.75 Å². The summed E-state index contributed by atoms with van der Waals surface area (Å²) in [6, 6.07) is 2.42. The molecule has 1 heterocycles. The molecule has 0 bridgehead atoms. The average molecular weight is 398 g/mol. The van der Waals surface area contributed by atoms with Gasteiger partial charge in [0.2, 0.25) is 5.91 Å². The number of esters is 1. The number of ether oxygens (including phenoxy) is 2. The van der Waals surface area contributed by atoms with Crippen molar-refractivity contribution in [3.05, 3.63) is 29.1 Å². The van der Waals surface area contributed by atoms with E-state index in [-0.39, 0.29) is 55.5 Å². The summed E-state index contributed by atoms with van der Waals surface area (Å²) < 4.78 is 25.4. The molecule has 1 amide bonds. The zero-order chi connectivity index (χ0) is 20.9. The van der Waals surface area contributed by atoms with Crippen LogP contribution in [-0.4, -0.2) is 35.5 Å². The summed E-state index contributed by atoms with van der Waals surface area (Å²) in [5.41, 5.74) is -0.188. The van der Waals surface area contributed by atoms with Gasteiger partial charge < -0.3 is 14.4 Å². The predicted molar refractivity (Wildman–Crippen MR) is 110 cm³/mol. The number of nitrogens with zero attached hydrogens (tertiary/aromatic N) is 1. The number of fused-ring (bicyclic) bond motifs is 1. The Kier molecular flexibility index (Phi) is 9.65. The summed E-state index contributed by atoms with van der Waals surface area (Å²) >= 11 is 0. The van der Waals surface area contributed by atoms with Gasteiger partial charge in [0, 0.05) is 11.0 Å². The van der Waals surface area contributed by atoms with Crippen LogP contribution in [0, 0.1) is 11.2 Å². The highest BCUT2D eigenvalue weighted by molar-refractivity contribution is 5.90. The van der Waals surface area contributed by atoms with Crippen molar-refractivity contribution in [1.82, 2.24) is 4.90 Å². The maximum Gasteiger partial charge on any atom is 0.338 e. The molecule has 0 radical (unpaired) electrons. The molecule has 28 heavy (non-hydrogen) atoms. The topological polar surface area (TPSA) is 55.8 Å². The van der Waals surface area contributed by atoms with Gasteiger partial charge in [0.1, 0.15) is 18.2 Å². The van der Waals surface area contributed by atoms with Crippen LogP contribution in [-0.2, 0) is 16.1 Å². The quantitative estimate of drug-likeness (QED) is 0.643. The summed E-state index contributed by atoms with van der Waals surface area (Å²) in [5, 5.41) is 0. The number of carbonyl (C=O) groups excluding carboxylic acids is 2. The molecule has 5 nitrogen and oxygen atoms in total. The number of benzene rings is 1. The molecule has 1 unspecified atom stereocenters. The fourth-order valence-electron chi connectivity index (χ4n) is 2.62. The molecule has 6 heteroatoms. The molecular formula is C22H36FNO4. The van der Waals surface area contributed by atoms with E-state index >= 15 is 0 Å². The van der Waals surface area contributed by atoms with Gasteiger partial charge in [-0.25, -0.2) is 9.18 Å². The maximum absolute atomic E-state index is 14.6. The molecule has 1 aliphatic rings. The van der Waals surface area contributed by atoms with Crippen molar-refractivity contribution in [1.29, 1.82) is 0 Å². The molecule has 0 aromatic heterocycles. The van der Waals surface area contributed by atoms with Gasteiger partial charge in [-0.1, -0.05) is 42.0 Å².